The summed E-state index contributed by atoms with van der Waals surface area (Å²) in [5, 5.41) is 3.27. The van der Waals surface area contributed by atoms with Crippen molar-refractivity contribution in [2.45, 2.75) is 44.9 Å². The van der Waals surface area contributed by atoms with Crippen LogP contribution in [0.2, 0.25) is 0 Å². The van der Waals surface area contributed by atoms with Crippen LogP contribution in [-0.4, -0.2) is 31.9 Å². The summed E-state index contributed by atoms with van der Waals surface area (Å²) in [4.78, 5) is 0. The average Bonchev–Trinajstić information content (AvgIpc) is 2.41. The van der Waals surface area contributed by atoms with Gasteiger partial charge >= 0.3 is 0 Å². The van der Waals surface area contributed by atoms with E-state index in [1.54, 1.807) is 0 Å². The third kappa shape index (κ3) is 2.85. The van der Waals surface area contributed by atoms with Crippen LogP contribution in [0.25, 0.3) is 0 Å². The van der Waals surface area contributed by atoms with Crippen molar-refractivity contribution in [3.8, 4) is 5.75 Å². The first-order valence-corrected chi connectivity index (χ1v) is 6.83. The molecule has 3 nitrogen and oxygen atoms in total. The second-order valence-electron chi connectivity index (χ2n) is 4.70. The molecule has 100 valence electrons. The predicted molar refractivity (Wildman–Crippen MR) is 73.1 cm³/mol. The van der Waals surface area contributed by atoms with Gasteiger partial charge in [-0.2, -0.15) is 0 Å². The number of benzene rings is 1. The van der Waals surface area contributed by atoms with Crippen LogP contribution < -0.4 is 10.1 Å². The van der Waals surface area contributed by atoms with Gasteiger partial charge in [-0.1, -0.05) is 19.1 Å². The Bertz CT molecular complexity index is 363. The summed E-state index contributed by atoms with van der Waals surface area (Å²) < 4.78 is 11.7. The largest absolute Gasteiger partial charge is 0.488 e. The molecule has 2 rings (SSSR count). The third-order valence-electron chi connectivity index (χ3n) is 3.60. The fourth-order valence-corrected chi connectivity index (χ4v) is 2.37. The normalized spacial score (nSPS) is 26.7. The van der Waals surface area contributed by atoms with Crippen LogP contribution in [0.1, 0.15) is 25.8 Å². The van der Waals surface area contributed by atoms with Crippen molar-refractivity contribution in [1.82, 2.24) is 5.32 Å². The lowest BCUT2D eigenvalue weighted by molar-refractivity contribution is -0.103. The molecule has 0 aliphatic heterocycles. The van der Waals surface area contributed by atoms with Gasteiger partial charge in [0.25, 0.3) is 0 Å². The monoisotopic (exact) mass is 249 g/mol. The predicted octanol–water partition coefficient (Wildman–Crippen LogP) is 2.39. The molecule has 0 heterocycles. The van der Waals surface area contributed by atoms with Crippen molar-refractivity contribution in [3.05, 3.63) is 29.8 Å². The molecule has 1 fully saturated rings. The van der Waals surface area contributed by atoms with Gasteiger partial charge in [-0.25, -0.2) is 0 Å². The summed E-state index contributed by atoms with van der Waals surface area (Å²) in [5.74, 6) is 0.941. The molecule has 3 atom stereocenters. The van der Waals surface area contributed by atoms with Gasteiger partial charge < -0.3 is 14.8 Å². The topological polar surface area (TPSA) is 30.5 Å². The van der Waals surface area contributed by atoms with E-state index < -0.39 is 0 Å². The Morgan fingerprint density at radius 3 is 2.50 bits per heavy atom. The first-order valence-electron chi connectivity index (χ1n) is 6.83. The lowest BCUT2D eigenvalue weighted by atomic mass is 9.85. The van der Waals surface area contributed by atoms with E-state index >= 15 is 0 Å². The summed E-state index contributed by atoms with van der Waals surface area (Å²) in [6, 6.07) is 8.77. The molecule has 3 heteroatoms. The molecule has 1 N–H and O–H groups in total. The lowest BCUT2D eigenvalue weighted by Crippen LogP contribution is -2.60. The minimum absolute atomic E-state index is 0.172. The maximum absolute atomic E-state index is 5.98. The third-order valence-corrected chi connectivity index (χ3v) is 3.60. The molecule has 1 saturated carbocycles. The van der Waals surface area contributed by atoms with Crippen molar-refractivity contribution >= 4 is 0 Å². The van der Waals surface area contributed by atoms with Gasteiger partial charge in [0.2, 0.25) is 0 Å². The van der Waals surface area contributed by atoms with E-state index in [2.05, 4.69) is 36.5 Å². The number of hydrogen-bond donors (Lipinski definition) is 1. The van der Waals surface area contributed by atoms with Crippen LogP contribution in [0.3, 0.4) is 0 Å². The van der Waals surface area contributed by atoms with E-state index in [1.165, 1.54) is 5.56 Å². The number of nitrogens with one attached hydrogen (secondary N) is 1. The van der Waals surface area contributed by atoms with Gasteiger partial charge in [-0.05, 0) is 38.1 Å². The number of hydrogen-bond acceptors (Lipinski definition) is 3. The van der Waals surface area contributed by atoms with Crippen LogP contribution in [-0.2, 0) is 11.2 Å². The highest BCUT2D eigenvalue weighted by atomic mass is 16.5. The molecule has 0 amide bonds. The molecular weight excluding hydrogens is 226 g/mol. The molecule has 0 aromatic heterocycles. The highest BCUT2D eigenvalue weighted by molar-refractivity contribution is 5.27. The molecule has 0 spiro atoms. The Kier molecular flexibility index (Phi) is 4.61. The molecule has 0 radical (unpaired) electrons. The van der Waals surface area contributed by atoms with Crippen molar-refractivity contribution in [2.75, 3.05) is 13.7 Å². The molecule has 1 aromatic rings. The summed E-state index contributed by atoms with van der Waals surface area (Å²) >= 11 is 0. The van der Waals surface area contributed by atoms with Crippen LogP contribution in [0.4, 0.5) is 0 Å². The SMILES string of the molecule is CCOC1C(NC)CC1Oc1ccc(CC)cc1. The van der Waals surface area contributed by atoms with Crippen molar-refractivity contribution in [2.24, 2.45) is 0 Å². The van der Waals surface area contributed by atoms with E-state index in [9.17, 15) is 0 Å². The Balaban J connectivity index is 1.92. The summed E-state index contributed by atoms with van der Waals surface area (Å²) in [6.07, 6.45) is 2.42. The Morgan fingerprint density at radius 1 is 1.22 bits per heavy atom. The summed E-state index contributed by atoms with van der Waals surface area (Å²) in [6.45, 7) is 4.92. The van der Waals surface area contributed by atoms with Crippen molar-refractivity contribution in [3.63, 3.8) is 0 Å². The summed E-state index contributed by atoms with van der Waals surface area (Å²) in [7, 11) is 1.98. The van der Waals surface area contributed by atoms with Gasteiger partial charge in [-0.3, -0.25) is 0 Å². The zero-order valence-corrected chi connectivity index (χ0v) is 11.5. The van der Waals surface area contributed by atoms with Crippen molar-refractivity contribution < 1.29 is 9.47 Å². The van der Waals surface area contributed by atoms with E-state index in [0.29, 0.717) is 6.04 Å². The molecule has 0 bridgehead atoms. The second kappa shape index (κ2) is 6.21. The molecule has 18 heavy (non-hydrogen) atoms. The first-order chi connectivity index (χ1) is 8.78. The van der Waals surface area contributed by atoms with Crippen molar-refractivity contribution in [1.29, 1.82) is 0 Å². The van der Waals surface area contributed by atoms with E-state index in [0.717, 1.165) is 25.2 Å². The maximum atomic E-state index is 5.98. The number of aryl methyl sites for hydroxylation is 1. The van der Waals surface area contributed by atoms with Gasteiger partial charge in [0, 0.05) is 19.1 Å². The fraction of sp³-hybridized carbons (Fsp3) is 0.600. The smallest absolute Gasteiger partial charge is 0.128 e. The van der Waals surface area contributed by atoms with Gasteiger partial charge in [-0.15, -0.1) is 0 Å². The fourth-order valence-electron chi connectivity index (χ4n) is 2.37. The first kappa shape index (κ1) is 13.4. The Labute approximate surface area is 109 Å². The van der Waals surface area contributed by atoms with Crippen LogP contribution in [0.15, 0.2) is 24.3 Å². The van der Waals surface area contributed by atoms with Crippen LogP contribution in [0.5, 0.6) is 5.75 Å². The Hall–Kier alpha value is -1.06. The van der Waals surface area contributed by atoms with Gasteiger partial charge in [0.1, 0.15) is 18.0 Å². The quantitative estimate of drug-likeness (QED) is 0.839. The van der Waals surface area contributed by atoms with Gasteiger partial charge in [0.05, 0.1) is 0 Å². The summed E-state index contributed by atoms with van der Waals surface area (Å²) in [5.41, 5.74) is 1.34. The highest BCUT2D eigenvalue weighted by Gasteiger charge is 2.42. The molecule has 1 aliphatic rings. The number of ether oxygens (including phenoxy) is 2. The van der Waals surface area contributed by atoms with Crippen LogP contribution >= 0.6 is 0 Å². The standard InChI is InChI=1S/C15H23NO2/c1-4-11-6-8-12(9-7-11)18-14-10-13(16-3)15(14)17-5-2/h6-9,13-16H,4-5,10H2,1-3H3. The maximum Gasteiger partial charge on any atom is 0.128 e. The average molecular weight is 249 g/mol. The number of rotatable bonds is 6. The molecule has 0 saturated heterocycles. The van der Waals surface area contributed by atoms with E-state index in [4.69, 9.17) is 9.47 Å². The molecular formula is C15H23NO2. The van der Waals surface area contributed by atoms with Gasteiger partial charge in [0.15, 0.2) is 0 Å². The molecule has 3 unspecified atom stereocenters. The Morgan fingerprint density at radius 2 is 1.94 bits per heavy atom. The number of likely N-dealkylation sites (N-methyl/N-ethyl adjacent to an activating group) is 1. The highest BCUT2D eigenvalue weighted by Crippen LogP contribution is 2.29. The van der Waals surface area contributed by atoms with Crippen LogP contribution in [0, 0.1) is 0 Å². The minimum atomic E-state index is 0.172. The molecule has 1 aromatic carbocycles. The zero-order chi connectivity index (χ0) is 13.0. The minimum Gasteiger partial charge on any atom is -0.488 e. The second-order valence-corrected chi connectivity index (χ2v) is 4.70. The molecule has 1 aliphatic carbocycles. The van der Waals surface area contributed by atoms with E-state index in [1.807, 2.05) is 14.0 Å². The zero-order valence-electron chi connectivity index (χ0n) is 11.5. The lowest BCUT2D eigenvalue weighted by Gasteiger charge is -2.43. The van der Waals surface area contributed by atoms with E-state index in [-0.39, 0.29) is 12.2 Å².